The first-order valence-electron chi connectivity index (χ1n) is 8.33. The number of carbonyl (C=O) groups is 3. The third-order valence-corrected chi connectivity index (χ3v) is 4.25. The number of carboxylic acid groups (broad SMARTS) is 1. The van der Waals surface area contributed by atoms with Gasteiger partial charge < -0.3 is 14.9 Å². The third-order valence-electron chi connectivity index (χ3n) is 4.25. The first-order chi connectivity index (χ1) is 11.5. The average molecular weight is 332 g/mol. The molecule has 0 aliphatic carbocycles. The maximum absolute atomic E-state index is 12.4. The molecule has 1 aromatic carbocycles. The lowest BCUT2D eigenvalue weighted by Crippen LogP contribution is -2.50. The maximum atomic E-state index is 12.4. The van der Waals surface area contributed by atoms with E-state index in [4.69, 9.17) is 5.11 Å². The molecule has 1 aromatic rings. The van der Waals surface area contributed by atoms with E-state index in [1.807, 2.05) is 31.2 Å². The number of amides is 2. The number of hydrogen-bond acceptors (Lipinski definition) is 3. The van der Waals surface area contributed by atoms with E-state index in [1.54, 1.807) is 9.80 Å². The Hall–Kier alpha value is -2.37. The first-order valence-corrected chi connectivity index (χ1v) is 8.33. The topological polar surface area (TPSA) is 77.9 Å². The summed E-state index contributed by atoms with van der Waals surface area (Å²) in [6.07, 6.45) is 1.59. The number of piperazine rings is 1. The second-order valence-electron chi connectivity index (χ2n) is 6.14. The Kier molecular flexibility index (Phi) is 6.35. The summed E-state index contributed by atoms with van der Waals surface area (Å²) in [6.45, 7) is 4.13. The molecule has 1 aliphatic rings. The van der Waals surface area contributed by atoms with E-state index >= 15 is 0 Å². The summed E-state index contributed by atoms with van der Waals surface area (Å²) in [6, 6.07) is 7.50. The van der Waals surface area contributed by atoms with Crippen LogP contribution in [0.1, 0.15) is 41.6 Å². The van der Waals surface area contributed by atoms with Gasteiger partial charge in [0.1, 0.15) is 0 Å². The van der Waals surface area contributed by atoms with Crippen molar-refractivity contribution in [3.63, 3.8) is 0 Å². The van der Waals surface area contributed by atoms with Gasteiger partial charge in [-0.15, -0.1) is 0 Å². The van der Waals surface area contributed by atoms with Gasteiger partial charge in [0.05, 0.1) is 0 Å². The molecule has 0 bridgehead atoms. The minimum absolute atomic E-state index is 0.00329. The fourth-order valence-corrected chi connectivity index (χ4v) is 2.75. The zero-order valence-electron chi connectivity index (χ0n) is 14.0. The number of nitrogens with zero attached hydrogens (tertiary/aromatic N) is 2. The van der Waals surface area contributed by atoms with Gasteiger partial charge >= 0.3 is 5.97 Å². The van der Waals surface area contributed by atoms with Crippen LogP contribution in [0.15, 0.2) is 24.3 Å². The Bertz CT molecular complexity index is 590. The highest BCUT2D eigenvalue weighted by Gasteiger charge is 2.24. The van der Waals surface area contributed by atoms with Gasteiger partial charge in [-0.3, -0.25) is 14.4 Å². The Morgan fingerprint density at radius 2 is 1.46 bits per heavy atom. The monoisotopic (exact) mass is 332 g/mol. The van der Waals surface area contributed by atoms with Crippen LogP contribution in [-0.2, 0) is 9.59 Å². The van der Waals surface area contributed by atoms with Gasteiger partial charge in [-0.1, -0.05) is 17.7 Å². The van der Waals surface area contributed by atoms with Gasteiger partial charge in [-0.05, 0) is 31.9 Å². The van der Waals surface area contributed by atoms with Crippen LogP contribution in [0.3, 0.4) is 0 Å². The largest absolute Gasteiger partial charge is 0.481 e. The second-order valence-corrected chi connectivity index (χ2v) is 6.14. The lowest BCUT2D eigenvalue weighted by atomic mass is 10.1. The van der Waals surface area contributed by atoms with E-state index in [2.05, 4.69) is 0 Å². The van der Waals surface area contributed by atoms with Crippen molar-refractivity contribution in [2.45, 2.75) is 32.6 Å². The van der Waals surface area contributed by atoms with Crippen LogP contribution in [0.4, 0.5) is 0 Å². The van der Waals surface area contributed by atoms with Crippen molar-refractivity contribution in [2.75, 3.05) is 26.2 Å². The van der Waals surface area contributed by atoms with Gasteiger partial charge in [0, 0.05) is 44.6 Å². The Balaban J connectivity index is 1.76. The molecule has 0 atom stereocenters. The van der Waals surface area contributed by atoms with E-state index < -0.39 is 5.97 Å². The molecular formula is C18H24N2O4. The molecule has 1 saturated heterocycles. The molecular weight excluding hydrogens is 308 g/mol. The van der Waals surface area contributed by atoms with E-state index in [0.29, 0.717) is 51.0 Å². The zero-order valence-corrected chi connectivity index (χ0v) is 14.0. The summed E-state index contributed by atoms with van der Waals surface area (Å²) < 4.78 is 0. The van der Waals surface area contributed by atoms with E-state index in [9.17, 15) is 14.4 Å². The highest BCUT2D eigenvalue weighted by atomic mass is 16.4. The molecule has 0 radical (unpaired) electrons. The Morgan fingerprint density at radius 1 is 0.917 bits per heavy atom. The molecule has 6 nitrogen and oxygen atoms in total. The summed E-state index contributed by atoms with van der Waals surface area (Å²) in [4.78, 5) is 38.5. The first kappa shape index (κ1) is 18.0. The number of carboxylic acids is 1. The molecule has 24 heavy (non-hydrogen) atoms. The number of benzene rings is 1. The van der Waals surface area contributed by atoms with E-state index in [0.717, 1.165) is 5.56 Å². The molecule has 2 amide bonds. The maximum Gasteiger partial charge on any atom is 0.303 e. The van der Waals surface area contributed by atoms with Crippen molar-refractivity contribution in [3.05, 3.63) is 35.4 Å². The van der Waals surface area contributed by atoms with Crippen molar-refractivity contribution in [2.24, 2.45) is 0 Å². The number of unbranched alkanes of at least 4 members (excludes halogenated alkanes) is 1. The number of aryl methyl sites for hydroxylation is 1. The summed E-state index contributed by atoms with van der Waals surface area (Å²) in [7, 11) is 0. The molecule has 1 aliphatic heterocycles. The highest BCUT2D eigenvalue weighted by molar-refractivity contribution is 5.94. The van der Waals surface area contributed by atoms with Crippen LogP contribution >= 0.6 is 0 Å². The van der Waals surface area contributed by atoms with Crippen LogP contribution in [0.2, 0.25) is 0 Å². The van der Waals surface area contributed by atoms with Gasteiger partial charge in [-0.25, -0.2) is 0 Å². The van der Waals surface area contributed by atoms with Crippen molar-refractivity contribution in [1.29, 1.82) is 0 Å². The smallest absolute Gasteiger partial charge is 0.303 e. The normalized spacial score (nSPS) is 14.5. The molecule has 2 rings (SSSR count). The van der Waals surface area contributed by atoms with Gasteiger partial charge in [-0.2, -0.15) is 0 Å². The molecule has 0 saturated carbocycles. The quantitative estimate of drug-likeness (QED) is 0.808. The summed E-state index contributed by atoms with van der Waals surface area (Å²) in [5, 5.41) is 8.58. The minimum atomic E-state index is -0.828. The number of aliphatic carboxylic acids is 1. The minimum Gasteiger partial charge on any atom is -0.481 e. The summed E-state index contributed by atoms with van der Waals surface area (Å²) in [5.41, 5.74) is 1.79. The molecule has 1 fully saturated rings. The number of rotatable bonds is 6. The van der Waals surface area contributed by atoms with Crippen LogP contribution in [0.25, 0.3) is 0 Å². The van der Waals surface area contributed by atoms with E-state index in [1.165, 1.54) is 0 Å². The average Bonchev–Trinajstić information content (AvgIpc) is 2.58. The van der Waals surface area contributed by atoms with Gasteiger partial charge in [0.25, 0.3) is 5.91 Å². The van der Waals surface area contributed by atoms with Crippen LogP contribution < -0.4 is 0 Å². The van der Waals surface area contributed by atoms with Crippen molar-refractivity contribution in [3.8, 4) is 0 Å². The highest BCUT2D eigenvalue weighted by Crippen LogP contribution is 2.12. The van der Waals surface area contributed by atoms with Crippen molar-refractivity contribution < 1.29 is 19.5 Å². The lowest BCUT2D eigenvalue weighted by Gasteiger charge is -2.35. The number of hydrogen-bond donors (Lipinski definition) is 1. The molecule has 1 N–H and O–H groups in total. The Labute approximate surface area is 142 Å². The SMILES string of the molecule is Cc1ccc(C(=O)N2CCN(C(=O)CCCCC(=O)O)CC2)cc1. The molecule has 6 heteroatoms. The predicted octanol–water partition coefficient (Wildman–Crippen LogP) is 1.92. The Morgan fingerprint density at radius 3 is 2.04 bits per heavy atom. The predicted molar refractivity (Wildman–Crippen MR) is 89.8 cm³/mol. The fourth-order valence-electron chi connectivity index (χ4n) is 2.75. The lowest BCUT2D eigenvalue weighted by molar-refractivity contribution is -0.137. The van der Waals surface area contributed by atoms with Crippen LogP contribution in [0, 0.1) is 6.92 Å². The standard InChI is InChI=1S/C18H24N2O4/c1-14-6-8-15(9-7-14)18(24)20-12-10-19(11-13-20)16(21)4-2-3-5-17(22)23/h6-9H,2-5,10-13H2,1H3,(H,22,23). The van der Waals surface area contributed by atoms with Gasteiger partial charge in [0.2, 0.25) is 5.91 Å². The molecule has 0 unspecified atom stereocenters. The third kappa shape index (κ3) is 5.08. The summed E-state index contributed by atoms with van der Waals surface area (Å²) in [5.74, 6) is -0.780. The van der Waals surface area contributed by atoms with Gasteiger partial charge in [0.15, 0.2) is 0 Å². The number of carbonyl (C=O) groups excluding carboxylic acids is 2. The van der Waals surface area contributed by atoms with E-state index in [-0.39, 0.29) is 18.2 Å². The molecule has 0 aromatic heterocycles. The molecule has 0 spiro atoms. The van der Waals surface area contributed by atoms with Crippen molar-refractivity contribution in [1.82, 2.24) is 9.80 Å². The molecule has 130 valence electrons. The van der Waals surface area contributed by atoms with Crippen LogP contribution in [-0.4, -0.2) is 58.9 Å². The van der Waals surface area contributed by atoms with Crippen molar-refractivity contribution >= 4 is 17.8 Å². The van der Waals surface area contributed by atoms with Crippen LogP contribution in [0.5, 0.6) is 0 Å². The fraction of sp³-hybridized carbons (Fsp3) is 0.500. The summed E-state index contributed by atoms with van der Waals surface area (Å²) >= 11 is 0. The molecule has 1 heterocycles. The second kappa shape index (κ2) is 8.47. The zero-order chi connectivity index (χ0) is 17.5.